The summed E-state index contributed by atoms with van der Waals surface area (Å²) in [6, 6.07) is 7.39. The topological polar surface area (TPSA) is 68.5 Å². The molecule has 126 valence electrons. The lowest BCUT2D eigenvalue weighted by molar-refractivity contribution is 0.241. The van der Waals surface area contributed by atoms with E-state index in [-0.39, 0.29) is 11.7 Å². The van der Waals surface area contributed by atoms with Gasteiger partial charge in [-0.2, -0.15) is 4.52 Å². The van der Waals surface area contributed by atoms with Gasteiger partial charge in [-0.1, -0.05) is 18.3 Å². The molecule has 0 unspecified atom stereocenters. The van der Waals surface area contributed by atoms with Gasteiger partial charge in [0.2, 0.25) is 10.1 Å². The molecule has 0 saturated carbocycles. The van der Waals surface area contributed by atoms with Crippen molar-refractivity contribution in [1.29, 1.82) is 0 Å². The van der Waals surface area contributed by atoms with Crippen molar-refractivity contribution in [3.05, 3.63) is 45.9 Å². The van der Waals surface area contributed by atoms with Crippen LogP contribution in [0.25, 0.3) is 4.96 Å². The molecular formula is C17H20N4O2S. The van der Waals surface area contributed by atoms with E-state index >= 15 is 0 Å². The van der Waals surface area contributed by atoms with Crippen LogP contribution in [0.15, 0.2) is 29.1 Å². The van der Waals surface area contributed by atoms with Crippen molar-refractivity contribution in [2.24, 2.45) is 0 Å². The van der Waals surface area contributed by atoms with E-state index in [2.05, 4.69) is 15.4 Å². The first-order valence-electron chi connectivity index (χ1n) is 7.90. The first kappa shape index (κ1) is 16.4. The van der Waals surface area contributed by atoms with Crippen LogP contribution in [0, 0.1) is 6.92 Å². The van der Waals surface area contributed by atoms with E-state index in [4.69, 9.17) is 4.74 Å². The molecule has 2 heterocycles. The molecule has 3 aromatic rings. The summed E-state index contributed by atoms with van der Waals surface area (Å²) >= 11 is 1.35. The Labute approximate surface area is 144 Å². The largest absolute Gasteiger partial charge is 0.491 e. The lowest BCUT2D eigenvalue weighted by atomic mass is 10.2. The van der Waals surface area contributed by atoms with Crippen molar-refractivity contribution < 1.29 is 4.74 Å². The van der Waals surface area contributed by atoms with Crippen LogP contribution in [-0.2, 0) is 6.42 Å². The zero-order chi connectivity index (χ0) is 17.3. The zero-order valence-electron chi connectivity index (χ0n) is 14.2. The Morgan fingerprint density at radius 3 is 2.79 bits per heavy atom. The summed E-state index contributed by atoms with van der Waals surface area (Å²) in [6.07, 6.45) is 0.862. The number of benzene rings is 1. The highest BCUT2D eigenvalue weighted by Gasteiger charge is 2.10. The van der Waals surface area contributed by atoms with Gasteiger partial charge < -0.3 is 10.1 Å². The van der Waals surface area contributed by atoms with E-state index in [0.29, 0.717) is 10.1 Å². The van der Waals surface area contributed by atoms with Crippen molar-refractivity contribution >= 4 is 27.1 Å². The summed E-state index contributed by atoms with van der Waals surface area (Å²) in [5, 5.41) is 8.16. The Kier molecular flexibility index (Phi) is 4.53. The number of hydrogen-bond acceptors (Lipinski definition) is 6. The minimum Gasteiger partial charge on any atom is -0.491 e. The normalized spacial score (nSPS) is 11.2. The number of fused-ring (bicyclic) bond motifs is 1. The second-order valence-corrected chi connectivity index (χ2v) is 6.77. The monoisotopic (exact) mass is 344 g/mol. The molecule has 0 aliphatic carbocycles. The van der Waals surface area contributed by atoms with Crippen molar-refractivity contribution in [2.45, 2.75) is 40.2 Å². The molecule has 2 aromatic heterocycles. The van der Waals surface area contributed by atoms with E-state index in [9.17, 15) is 4.79 Å². The number of rotatable bonds is 5. The molecule has 7 heteroatoms. The molecular weight excluding hydrogens is 324 g/mol. The van der Waals surface area contributed by atoms with E-state index in [0.717, 1.165) is 29.1 Å². The fraction of sp³-hybridized carbons (Fsp3) is 0.353. The molecule has 0 aliphatic rings. The van der Waals surface area contributed by atoms with Gasteiger partial charge in [0.25, 0.3) is 5.56 Å². The summed E-state index contributed by atoms with van der Waals surface area (Å²) in [5.74, 6) is 0.866. The van der Waals surface area contributed by atoms with Crippen molar-refractivity contribution in [2.75, 3.05) is 5.32 Å². The molecule has 3 rings (SSSR count). The van der Waals surface area contributed by atoms with Gasteiger partial charge in [0, 0.05) is 17.4 Å². The molecule has 1 aromatic carbocycles. The lowest BCUT2D eigenvalue weighted by Crippen LogP contribution is -2.15. The summed E-state index contributed by atoms with van der Waals surface area (Å²) in [7, 11) is 0. The predicted molar refractivity (Wildman–Crippen MR) is 96.7 cm³/mol. The maximum absolute atomic E-state index is 12.0. The van der Waals surface area contributed by atoms with Gasteiger partial charge in [0.15, 0.2) is 0 Å². The standard InChI is InChI=1S/C17H20N4O2S/c1-5-12-9-15(22)21-17(19-12)24-16(20-21)18-13-6-7-14(11(4)8-13)23-10(2)3/h6-10H,5H2,1-4H3,(H,18,20). The summed E-state index contributed by atoms with van der Waals surface area (Å²) < 4.78 is 7.07. The smallest absolute Gasteiger partial charge is 0.275 e. The minimum atomic E-state index is -0.155. The van der Waals surface area contributed by atoms with Gasteiger partial charge in [0.05, 0.1) is 6.10 Å². The third-order valence-electron chi connectivity index (χ3n) is 3.45. The molecule has 0 saturated heterocycles. The van der Waals surface area contributed by atoms with Crippen LogP contribution in [0.2, 0.25) is 0 Å². The zero-order valence-corrected chi connectivity index (χ0v) is 15.0. The fourth-order valence-corrected chi connectivity index (χ4v) is 3.17. The van der Waals surface area contributed by atoms with Gasteiger partial charge in [-0.25, -0.2) is 4.98 Å². The van der Waals surface area contributed by atoms with E-state index in [1.165, 1.54) is 21.9 Å². The van der Waals surface area contributed by atoms with Crippen LogP contribution < -0.4 is 15.6 Å². The SMILES string of the molecule is CCc1cc(=O)n2nc(Nc3ccc(OC(C)C)c(C)c3)sc2n1. The highest BCUT2D eigenvalue weighted by Crippen LogP contribution is 2.26. The van der Waals surface area contributed by atoms with E-state index < -0.39 is 0 Å². The molecule has 0 spiro atoms. The molecule has 6 nitrogen and oxygen atoms in total. The van der Waals surface area contributed by atoms with Crippen LogP contribution in [-0.4, -0.2) is 20.7 Å². The lowest BCUT2D eigenvalue weighted by Gasteiger charge is -2.13. The molecule has 0 bridgehead atoms. The van der Waals surface area contributed by atoms with E-state index in [1.807, 2.05) is 45.9 Å². The quantitative estimate of drug-likeness (QED) is 0.766. The number of nitrogens with zero attached hydrogens (tertiary/aromatic N) is 3. The number of hydrogen-bond donors (Lipinski definition) is 1. The van der Waals surface area contributed by atoms with Gasteiger partial charge >= 0.3 is 0 Å². The first-order valence-corrected chi connectivity index (χ1v) is 8.72. The summed E-state index contributed by atoms with van der Waals surface area (Å²) in [6.45, 7) is 7.98. The summed E-state index contributed by atoms with van der Waals surface area (Å²) in [5.41, 5.74) is 2.56. The average Bonchev–Trinajstić information content (AvgIpc) is 2.92. The Morgan fingerprint density at radius 1 is 1.33 bits per heavy atom. The molecule has 0 atom stereocenters. The molecule has 0 amide bonds. The number of anilines is 2. The van der Waals surface area contributed by atoms with Crippen LogP contribution in [0.4, 0.5) is 10.8 Å². The first-order chi connectivity index (χ1) is 11.5. The van der Waals surface area contributed by atoms with Crippen LogP contribution >= 0.6 is 11.3 Å². The maximum Gasteiger partial charge on any atom is 0.275 e. The van der Waals surface area contributed by atoms with Crippen LogP contribution in [0.3, 0.4) is 0 Å². The molecule has 0 aliphatic heterocycles. The second-order valence-electron chi connectivity index (χ2n) is 5.81. The van der Waals surface area contributed by atoms with Gasteiger partial charge in [-0.15, -0.1) is 5.10 Å². The number of aryl methyl sites for hydroxylation is 2. The van der Waals surface area contributed by atoms with Crippen LogP contribution in [0.5, 0.6) is 5.75 Å². The van der Waals surface area contributed by atoms with Crippen molar-refractivity contribution in [1.82, 2.24) is 14.6 Å². The Hall–Kier alpha value is -2.41. The van der Waals surface area contributed by atoms with Gasteiger partial charge in [-0.05, 0) is 51.0 Å². The number of aromatic nitrogens is 3. The van der Waals surface area contributed by atoms with Crippen molar-refractivity contribution in [3.8, 4) is 5.75 Å². The summed E-state index contributed by atoms with van der Waals surface area (Å²) in [4.78, 5) is 17.1. The van der Waals surface area contributed by atoms with Crippen LogP contribution in [0.1, 0.15) is 32.0 Å². The molecule has 0 radical (unpaired) electrons. The van der Waals surface area contributed by atoms with Crippen molar-refractivity contribution in [3.63, 3.8) is 0 Å². The number of nitrogens with one attached hydrogen (secondary N) is 1. The van der Waals surface area contributed by atoms with E-state index in [1.54, 1.807) is 0 Å². The maximum atomic E-state index is 12.0. The number of ether oxygens (including phenoxy) is 1. The van der Waals surface area contributed by atoms with Gasteiger partial charge in [0.1, 0.15) is 5.75 Å². The predicted octanol–water partition coefficient (Wildman–Crippen LogP) is 3.55. The second kappa shape index (κ2) is 6.60. The molecule has 24 heavy (non-hydrogen) atoms. The third-order valence-corrected chi connectivity index (χ3v) is 4.27. The minimum absolute atomic E-state index is 0.137. The Bertz CT molecular complexity index is 930. The third kappa shape index (κ3) is 3.41. The highest BCUT2D eigenvalue weighted by atomic mass is 32.1. The Balaban J connectivity index is 1.88. The average molecular weight is 344 g/mol. The Morgan fingerprint density at radius 2 is 2.12 bits per heavy atom. The molecule has 1 N–H and O–H groups in total. The highest BCUT2D eigenvalue weighted by molar-refractivity contribution is 7.20. The van der Waals surface area contributed by atoms with Gasteiger partial charge in [-0.3, -0.25) is 4.79 Å². The fourth-order valence-electron chi connectivity index (χ4n) is 2.32. The molecule has 0 fully saturated rings.